The molecule has 1 aromatic heterocycles. The number of methoxy groups -OCH3 is 1. The van der Waals surface area contributed by atoms with E-state index in [4.69, 9.17) is 4.74 Å². The summed E-state index contributed by atoms with van der Waals surface area (Å²) in [5, 5.41) is 18.6. The Morgan fingerprint density at radius 3 is 2.79 bits per heavy atom. The Morgan fingerprint density at radius 1 is 1.33 bits per heavy atom. The van der Waals surface area contributed by atoms with Gasteiger partial charge in [-0.3, -0.25) is 0 Å². The summed E-state index contributed by atoms with van der Waals surface area (Å²) in [5.74, 6) is 1.81. The summed E-state index contributed by atoms with van der Waals surface area (Å²) in [5.41, 5.74) is 0.928. The van der Waals surface area contributed by atoms with E-state index in [1.165, 1.54) is 12.0 Å². The molecule has 0 aliphatic carbocycles. The highest BCUT2D eigenvalue weighted by Crippen LogP contribution is 2.26. The number of hydrogen-bond acceptors (Lipinski definition) is 4. The van der Waals surface area contributed by atoms with Crippen LogP contribution in [-0.4, -0.2) is 31.3 Å². The van der Waals surface area contributed by atoms with Gasteiger partial charge in [-0.05, 0) is 36.1 Å². The minimum absolute atomic E-state index is 0.134. The molecular weight excluding hydrogens is 322 g/mol. The summed E-state index contributed by atoms with van der Waals surface area (Å²) in [4.78, 5) is 5.94. The fourth-order valence-corrected chi connectivity index (χ4v) is 3.06. The number of rotatable bonds is 7. The van der Waals surface area contributed by atoms with Gasteiger partial charge in [0.25, 0.3) is 0 Å². The van der Waals surface area contributed by atoms with Crippen LogP contribution in [0.15, 0.2) is 40.7 Å². The average Bonchev–Trinajstić information content (AvgIpc) is 3.12. The van der Waals surface area contributed by atoms with Crippen molar-refractivity contribution in [2.24, 2.45) is 4.99 Å². The van der Waals surface area contributed by atoms with Gasteiger partial charge in [0.15, 0.2) is 17.5 Å². The second-order valence-electron chi connectivity index (χ2n) is 5.50. The number of benzene rings is 1. The molecule has 5 nitrogen and oxygen atoms in total. The summed E-state index contributed by atoms with van der Waals surface area (Å²) in [7, 11) is 1.54. The van der Waals surface area contributed by atoms with Gasteiger partial charge in [-0.25, -0.2) is 4.99 Å². The molecule has 6 heteroatoms. The van der Waals surface area contributed by atoms with Crippen LogP contribution < -0.4 is 15.4 Å². The zero-order chi connectivity index (χ0) is 17.4. The van der Waals surface area contributed by atoms with Gasteiger partial charge >= 0.3 is 0 Å². The summed E-state index contributed by atoms with van der Waals surface area (Å²) in [6.07, 6.45) is 0. The molecule has 1 unspecified atom stereocenters. The van der Waals surface area contributed by atoms with Crippen molar-refractivity contribution in [2.75, 3.05) is 20.2 Å². The van der Waals surface area contributed by atoms with Gasteiger partial charge in [-0.15, -0.1) is 11.3 Å². The third kappa shape index (κ3) is 5.16. The molecule has 3 N–H and O–H groups in total. The smallest absolute Gasteiger partial charge is 0.191 e. The first kappa shape index (κ1) is 18.1. The molecule has 0 radical (unpaired) electrons. The molecule has 2 aromatic rings. The Hall–Kier alpha value is -2.21. The average molecular weight is 347 g/mol. The fraction of sp³-hybridized carbons (Fsp3) is 0.389. The predicted molar refractivity (Wildman–Crippen MR) is 100 cm³/mol. The highest BCUT2D eigenvalue weighted by molar-refractivity contribution is 7.10. The molecule has 24 heavy (non-hydrogen) atoms. The Kier molecular flexibility index (Phi) is 6.93. The lowest BCUT2D eigenvalue weighted by Gasteiger charge is -2.15. The van der Waals surface area contributed by atoms with Crippen LogP contribution in [0.1, 0.15) is 30.2 Å². The fourth-order valence-electron chi connectivity index (χ4n) is 2.27. The molecule has 2 rings (SSSR count). The van der Waals surface area contributed by atoms with Crippen LogP contribution in [-0.2, 0) is 6.54 Å². The van der Waals surface area contributed by atoms with Crippen LogP contribution in [0.5, 0.6) is 11.5 Å². The van der Waals surface area contributed by atoms with Crippen molar-refractivity contribution in [3.8, 4) is 11.5 Å². The van der Waals surface area contributed by atoms with E-state index >= 15 is 0 Å². The highest BCUT2D eigenvalue weighted by Gasteiger charge is 2.08. The van der Waals surface area contributed by atoms with Crippen molar-refractivity contribution >= 4 is 17.3 Å². The maximum absolute atomic E-state index is 9.84. The van der Waals surface area contributed by atoms with Crippen molar-refractivity contribution in [1.82, 2.24) is 10.6 Å². The first-order valence-electron chi connectivity index (χ1n) is 8.05. The molecule has 0 amide bonds. The molecule has 0 aliphatic heterocycles. The van der Waals surface area contributed by atoms with Gasteiger partial charge in [0, 0.05) is 23.9 Å². The van der Waals surface area contributed by atoms with Crippen LogP contribution in [0.2, 0.25) is 0 Å². The van der Waals surface area contributed by atoms with E-state index in [1.54, 1.807) is 23.5 Å². The number of aliphatic imine (C=N–C) groups is 1. The molecule has 0 fully saturated rings. The van der Waals surface area contributed by atoms with Crippen molar-refractivity contribution < 1.29 is 9.84 Å². The number of nitrogens with one attached hydrogen (secondary N) is 2. The maximum Gasteiger partial charge on any atom is 0.191 e. The molecule has 130 valence electrons. The third-order valence-corrected chi connectivity index (χ3v) is 4.72. The minimum Gasteiger partial charge on any atom is -0.504 e. The first-order chi connectivity index (χ1) is 11.6. The quantitative estimate of drug-likeness (QED) is 0.531. The van der Waals surface area contributed by atoms with Crippen LogP contribution in [0.25, 0.3) is 0 Å². The molecule has 1 heterocycles. The van der Waals surface area contributed by atoms with E-state index in [0.29, 0.717) is 18.2 Å². The number of guanidine groups is 1. The second-order valence-corrected chi connectivity index (χ2v) is 6.48. The molecule has 0 bridgehead atoms. The van der Waals surface area contributed by atoms with Crippen LogP contribution in [0.4, 0.5) is 0 Å². The Balaban J connectivity index is 1.96. The van der Waals surface area contributed by atoms with Crippen molar-refractivity contribution in [2.45, 2.75) is 26.3 Å². The molecule has 0 saturated carbocycles. The number of ether oxygens (including phenoxy) is 1. The van der Waals surface area contributed by atoms with E-state index < -0.39 is 0 Å². The number of phenolic OH excluding ortho intramolecular Hbond substituents is 1. The molecular formula is C18H25N3O2S. The number of hydrogen-bond donors (Lipinski definition) is 3. The van der Waals surface area contributed by atoms with E-state index in [9.17, 15) is 5.11 Å². The Labute approximate surface area is 147 Å². The highest BCUT2D eigenvalue weighted by atomic mass is 32.1. The SMILES string of the molecule is CCNC(=NCc1ccc(OC)c(O)c1)NCC(C)c1cccs1. The molecule has 1 atom stereocenters. The molecule has 1 aromatic carbocycles. The lowest BCUT2D eigenvalue weighted by atomic mass is 10.1. The Bertz CT molecular complexity index is 656. The molecule has 0 saturated heterocycles. The van der Waals surface area contributed by atoms with Gasteiger partial charge in [0.2, 0.25) is 0 Å². The van der Waals surface area contributed by atoms with Crippen molar-refractivity contribution in [3.63, 3.8) is 0 Å². The summed E-state index contributed by atoms with van der Waals surface area (Å²) in [6, 6.07) is 9.56. The van der Waals surface area contributed by atoms with Gasteiger partial charge in [-0.1, -0.05) is 19.1 Å². The van der Waals surface area contributed by atoms with E-state index in [-0.39, 0.29) is 5.75 Å². The number of nitrogens with zero attached hydrogens (tertiary/aromatic N) is 1. The van der Waals surface area contributed by atoms with Gasteiger partial charge in [0.05, 0.1) is 13.7 Å². The van der Waals surface area contributed by atoms with E-state index in [2.05, 4.69) is 40.1 Å². The normalized spacial score (nSPS) is 12.7. The second kappa shape index (κ2) is 9.17. The topological polar surface area (TPSA) is 65.9 Å². The van der Waals surface area contributed by atoms with Crippen LogP contribution in [0.3, 0.4) is 0 Å². The maximum atomic E-state index is 9.84. The van der Waals surface area contributed by atoms with Gasteiger partial charge < -0.3 is 20.5 Å². The number of thiophene rings is 1. The number of phenols is 1. The lowest BCUT2D eigenvalue weighted by Crippen LogP contribution is -2.39. The zero-order valence-electron chi connectivity index (χ0n) is 14.4. The standard InChI is InChI=1S/C18H25N3O2S/c1-4-19-18(20-11-13(2)17-6-5-9-24-17)21-12-14-7-8-16(23-3)15(22)10-14/h5-10,13,22H,4,11-12H2,1-3H3,(H2,19,20,21). The van der Waals surface area contributed by atoms with E-state index in [1.807, 2.05) is 13.0 Å². The Morgan fingerprint density at radius 2 is 2.17 bits per heavy atom. The largest absolute Gasteiger partial charge is 0.504 e. The van der Waals surface area contributed by atoms with Gasteiger partial charge in [-0.2, -0.15) is 0 Å². The summed E-state index contributed by atoms with van der Waals surface area (Å²) < 4.78 is 5.05. The van der Waals surface area contributed by atoms with E-state index in [0.717, 1.165) is 24.6 Å². The minimum atomic E-state index is 0.134. The van der Waals surface area contributed by atoms with Crippen molar-refractivity contribution in [3.05, 3.63) is 46.2 Å². The monoisotopic (exact) mass is 347 g/mol. The number of aromatic hydroxyl groups is 1. The predicted octanol–water partition coefficient (Wildman–Crippen LogP) is 3.32. The first-order valence-corrected chi connectivity index (χ1v) is 8.93. The summed E-state index contributed by atoms with van der Waals surface area (Å²) >= 11 is 1.77. The molecule has 0 spiro atoms. The van der Waals surface area contributed by atoms with Crippen LogP contribution >= 0.6 is 11.3 Å². The third-order valence-electron chi connectivity index (χ3n) is 3.61. The zero-order valence-corrected chi connectivity index (χ0v) is 15.2. The van der Waals surface area contributed by atoms with Gasteiger partial charge in [0.1, 0.15) is 0 Å². The van der Waals surface area contributed by atoms with Crippen molar-refractivity contribution in [1.29, 1.82) is 0 Å². The van der Waals surface area contributed by atoms with Crippen LogP contribution in [0, 0.1) is 0 Å². The summed E-state index contributed by atoms with van der Waals surface area (Å²) in [6.45, 7) is 6.34. The molecule has 0 aliphatic rings. The lowest BCUT2D eigenvalue weighted by molar-refractivity contribution is 0.373.